The third-order valence-corrected chi connectivity index (χ3v) is 4.40. The molecule has 0 saturated heterocycles. The summed E-state index contributed by atoms with van der Waals surface area (Å²) in [6.45, 7) is 0.486. The first-order valence-corrected chi connectivity index (χ1v) is 8.26. The van der Waals surface area contributed by atoms with Crippen LogP contribution in [0.3, 0.4) is 0 Å². The van der Waals surface area contributed by atoms with Gasteiger partial charge in [-0.3, -0.25) is 9.78 Å². The monoisotopic (exact) mass is 335 g/mol. The number of hydrogen-bond donors (Lipinski definition) is 2. The highest BCUT2D eigenvalue weighted by molar-refractivity contribution is 7.12. The second kappa shape index (κ2) is 6.21. The SMILES string of the molecule is O=C(c1cccs1)c1nc(NCc2ccccn2)nc2[nH]ccc12. The summed E-state index contributed by atoms with van der Waals surface area (Å²) < 4.78 is 0. The van der Waals surface area contributed by atoms with Crippen molar-refractivity contribution in [1.82, 2.24) is 19.9 Å². The van der Waals surface area contributed by atoms with Crippen molar-refractivity contribution in [3.05, 3.63) is 70.4 Å². The Bertz CT molecular complexity index is 979. The Morgan fingerprint density at radius 2 is 2.12 bits per heavy atom. The molecule has 0 radical (unpaired) electrons. The first kappa shape index (κ1) is 14.5. The number of rotatable bonds is 5. The Morgan fingerprint density at radius 1 is 1.17 bits per heavy atom. The van der Waals surface area contributed by atoms with Gasteiger partial charge in [-0.05, 0) is 29.6 Å². The van der Waals surface area contributed by atoms with Crippen molar-refractivity contribution in [2.75, 3.05) is 5.32 Å². The molecule has 118 valence electrons. The Hall–Kier alpha value is -3.06. The lowest BCUT2D eigenvalue weighted by Gasteiger charge is -2.07. The molecule has 0 aliphatic carbocycles. The zero-order chi connectivity index (χ0) is 16.4. The highest BCUT2D eigenvalue weighted by Crippen LogP contribution is 2.22. The molecule has 4 aromatic rings. The summed E-state index contributed by atoms with van der Waals surface area (Å²) in [5.41, 5.74) is 1.90. The molecular weight excluding hydrogens is 322 g/mol. The van der Waals surface area contributed by atoms with E-state index >= 15 is 0 Å². The lowest BCUT2D eigenvalue weighted by Crippen LogP contribution is -2.10. The number of nitrogens with one attached hydrogen (secondary N) is 2. The Labute approximate surface area is 141 Å². The Kier molecular flexibility index (Phi) is 3.76. The number of hydrogen-bond acceptors (Lipinski definition) is 6. The van der Waals surface area contributed by atoms with Crippen LogP contribution in [0.25, 0.3) is 11.0 Å². The predicted molar refractivity (Wildman–Crippen MR) is 93.2 cm³/mol. The quantitative estimate of drug-likeness (QED) is 0.547. The number of thiophene rings is 1. The number of ketones is 1. The molecule has 0 spiro atoms. The van der Waals surface area contributed by atoms with E-state index in [1.165, 1.54) is 11.3 Å². The molecule has 2 N–H and O–H groups in total. The van der Waals surface area contributed by atoms with E-state index in [0.717, 1.165) is 11.1 Å². The van der Waals surface area contributed by atoms with Crippen molar-refractivity contribution < 1.29 is 4.79 Å². The highest BCUT2D eigenvalue weighted by atomic mass is 32.1. The van der Waals surface area contributed by atoms with Gasteiger partial charge in [-0.15, -0.1) is 11.3 Å². The third kappa shape index (κ3) is 2.77. The molecular formula is C17H13N5OS. The van der Waals surface area contributed by atoms with E-state index in [1.807, 2.05) is 35.7 Å². The summed E-state index contributed by atoms with van der Waals surface area (Å²) >= 11 is 1.40. The van der Waals surface area contributed by atoms with Gasteiger partial charge in [0.2, 0.25) is 11.7 Å². The number of carbonyl (C=O) groups is 1. The molecule has 0 aliphatic rings. The Morgan fingerprint density at radius 3 is 2.92 bits per heavy atom. The lowest BCUT2D eigenvalue weighted by atomic mass is 10.2. The topological polar surface area (TPSA) is 83.6 Å². The predicted octanol–water partition coefficient (Wildman–Crippen LogP) is 3.26. The molecule has 0 amide bonds. The van der Waals surface area contributed by atoms with E-state index in [-0.39, 0.29) is 5.78 Å². The summed E-state index contributed by atoms with van der Waals surface area (Å²) in [5, 5.41) is 5.73. The molecule has 7 heteroatoms. The molecule has 6 nitrogen and oxygen atoms in total. The number of pyridine rings is 1. The Balaban J connectivity index is 1.68. The normalized spacial score (nSPS) is 10.8. The van der Waals surface area contributed by atoms with Gasteiger partial charge in [0, 0.05) is 17.8 Å². The standard InChI is InChI=1S/C17H13N5OS/c23-15(13-5-3-9-24-13)14-12-6-8-19-16(12)22-17(21-14)20-10-11-4-1-2-7-18-11/h1-9H,10H2,(H2,19,20,21,22). The molecule has 0 aromatic carbocycles. The van der Waals surface area contributed by atoms with Crippen molar-refractivity contribution in [3.8, 4) is 0 Å². The minimum absolute atomic E-state index is 0.0992. The maximum absolute atomic E-state index is 12.7. The zero-order valence-corrected chi connectivity index (χ0v) is 13.4. The largest absolute Gasteiger partial charge is 0.348 e. The van der Waals surface area contributed by atoms with Crippen LogP contribution in [0, 0.1) is 0 Å². The van der Waals surface area contributed by atoms with Crippen molar-refractivity contribution in [1.29, 1.82) is 0 Å². The van der Waals surface area contributed by atoms with Crippen LogP contribution < -0.4 is 5.32 Å². The van der Waals surface area contributed by atoms with E-state index in [1.54, 1.807) is 18.5 Å². The molecule has 4 heterocycles. The summed E-state index contributed by atoms with van der Waals surface area (Å²) in [4.78, 5) is 29.5. The summed E-state index contributed by atoms with van der Waals surface area (Å²) in [6, 6.07) is 11.2. The number of aromatic amines is 1. The van der Waals surface area contributed by atoms with E-state index in [2.05, 4.69) is 25.3 Å². The molecule has 0 fully saturated rings. The first-order valence-electron chi connectivity index (χ1n) is 7.38. The number of nitrogens with zero attached hydrogens (tertiary/aromatic N) is 3. The lowest BCUT2D eigenvalue weighted by molar-refractivity contribution is 0.103. The number of aromatic nitrogens is 4. The maximum atomic E-state index is 12.7. The molecule has 0 bridgehead atoms. The number of anilines is 1. The molecule has 0 aliphatic heterocycles. The van der Waals surface area contributed by atoms with Crippen molar-refractivity contribution in [3.63, 3.8) is 0 Å². The van der Waals surface area contributed by atoms with Crippen molar-refractivity contribution in [2.45, 2.75) is 6.54 Å². The fourth-order valence-electron chi connectivity index (χ4n) is 2.39. The van der Waals surface area contributed by atoms with Crippen LogP contribution in [0.4, 0.5) is 5.95 Å². The van der Waals surface area contributed by atoms with Crippen LogP contribution in [0.2, 0.25) is 0 Å². The molecule has 0 unspecified atom stereocenters. The second-order valence-corrected chi connectivity index (χ2v) is 6.06. The average Bonchev–Trinajstić information content (AvgIpc) is 3.31. The minimum atomic E-state index is -0.0992. The first-order chi connectivity index (χ1) is 11.8. The van der Waals surface area contributed by atoms with Crippen LogP contribution in [-0.2, 0) is 6.54 Å². The minimum Gasteiger partial charge on any atom is -0.348 e. The van der Waals surface area contributed by atoms with Crippen molar-refractivity contribution >= 4 is 34.1 Å². The number of H-pyrrole nitrogens is 1. The van der Waals surface area contributed by atoms with Gasteiger partial charge in [-0.25, -0.2) is 4.98 Å². The van der Waals surface area contributed by atoms with E-state index < -0.39 is 0 Å². The van der Waals surface area contributed by atoms with Gasteiger partial charge in [0.15, 0.2) is 0 Å². The van der Waals surface area contributed by atoms with Crippen LogP contribution >= 0.6 is 11.3 Å². The highest BCUT2D eigenvalue weighted by Gasteiger charge is 2.18. The van der Waals surface area contributed by atoms with Gasteiger partial charge in [-0.1, -0.05) is 12.1 Å². The van der Waals surface area contributed by atoms with Crippen LogP contribution in [0.15, 0.2) is 54.2 Å². The molecule has 0 atom stereocenters. The zero-order valence-electron chi connectivity index (χ0n) is 12.6. The van der Waals surface area contributed by atoms with Gasteiger partial charge >= 0.3 is 0 Å². The molecule has 24 heavy (non-hydrogen) atoms. The van der Waals surface area contributed by atoms with Gasteiger partial charge in [-0.2, -0.15) is 4.98 Å². The maximum Gasteiger partial charge on any atom is 0.225 e. The van der Waals surface area contributed by atoms with Gasteiger partial charge < -0.3 is 10.3 Å². The van der Waals surface area contributed by atoms with Crippen molar-refractivity contribution in [2.24, 2.45) is 0 Å². The smallest absolute Gasteiger partial charge is 0.225 e. The van der Waals surface area contributed by atoms with Gasteiger partial charge in [0.1, 0.15) is 11.3 Å². The fraction of sp³-hybridized carbons (Fsp3) is 0.0588. The van der Waals surface area contributed by atoms with Gasteiger partial charge in [0.25, 0.3) is 0 Å². The fourth-order valence-corrected chi connectivity index (χ4v) is 3.05. The second-order valence-electron chi connectivity index (χ2n) is 5.12. The summed E-state index contributed by atoms with van der Waals surface area (Å²) in [7, 11) is 0. The number of carbonyl (C=O) groups excluding carboxylic acids is 1. The van der Waals surface area contributed by atoms with E-state index in [9.17, 15) is 4.79 Å². The van der Waals surface area contributed by atoms with Crippen LogP contribution in [-0.4, -0.2) is 25.7 Å². The molecule has 4 aromatic heterocycles. The average molecular weight is 335 g/mol. The third-order valence-electron chi connectivity index (χ3n) is 3.53. The van der Waals surface area contributed by atoms with Crippen LogP contribution in [0.5, 0.6) is 0 Å². The number of fused-ring (bicyclic) bond motifs is 1. The van der Waals surface area contributed by atoms with Crippen LogP contribution in [0.1, 0.15) is 21.1 Å². The van der Waals surface area contributed by atoms with Gasteiger partial charge in [0.05, 0.1) is 17.1 Å². The molecule has 0 saturated carbocycles. The van der Waals surface area contributed by atoms with E-state index in [0.29, 0.717) is 28.7 Å². The summed E-state index contributed by atoms with van der Waals surface area (Å²) in [5.74, 6) is 0.299. The van der Waals surface area contributed by atoms with E-state index in [4.69, 9.17) is 0 Å². The summed E-state index contributed by atoms with van der Waals surface area (Å²) in [6.07, 6.45) is 3.49. The molecule has 4 rings (SSSR count).